The Morgan fingerprint density at radius 1 is 1.23 bits per heavy atom. The molecule has 2 aromatic heterocycles. The molecular weight excluding hydrogens is 374 g/mol. The Labute approximate surface area is 178 Å². The Hall–Kier alpha value is -3.09. The third-order valence-corrected chi connectivity index (χ3v) is 5.74. The molecule has 30 heavy (non-hydrogen) atoms. The van der Waals surface area contributed by atoms with Gasteiger partial charge < -0.3 is 20.1 Å². The van der Waals surface area contributed by atoms with Crippen molar-refractivity contribution in [3.63, 3.8) is 0 Å². The van der Waals surface area contributed by atoms with E-state index < -0.39 is 0 Å². The summed E-state index contributed by atoms with van der Waals surface area (Å²) in [5, 5.41) is 8.02. The van der Waals surface area contributed by atoms with Gasteiger partial charge in [-0.05, 0) is 37.5 Å². The topological polar surface area (TPSA) is 70.4 Å². The minimum Gasteiger partial charge on any atom is -0.368 e. The lowest BCUT2D eigenvalue weighted by molar-refractivity contribution is 0.189. The molecule has 0 aliphatic carbocycles. The summed E-state index contributed by atoms with van der Waals surface area (Å²) in [6.07, 6.45) is 6.99. The number of pyridine rings is 1. The molecule has 3 heterocycles. The highest BCUT2D eigenvalue weighted by Gasteiger charge is 2.28. The molecule has 0 spiro atoms. The van der Waals surface area contributed by atoms with Crippen molar-refractivity contribution >= 4 is 22.7 Å². The number of para-hydroxylation sites is 1. The lowest BCUT2D eigenvalue weighted by Gasteiger charge is -2.39. The van der Waals surface area contributed by atoms with Crippen LogP contribution >= 0.6 is 0 Å². The molecule has 0 saturated carbocycles. The number of nitrogens with one attached hydrogen (secondary N) is 2. The molecule has 4 rings (SSSR count). The van der Waals surface area contributed by atoms with E-state index in [9.17, 15) is 0 Å². The standard InChI is InChI=1S/C23H31N7/c1-3-25-23(29-14-10-18(2)21(16-29)30-15-13-24-17-30)27-12-11-26-22-9-8-19-6-4-5-7-20(19)28-22/h4-9,13,15,17-18,21H,3,10-12,14,16H2,1-2H3,(H,25,27)(H,26,28). The van der Waals surface area contributed by atoms with Crippen LogP contribution in [0.25, 0.3) is 10.9 Å². The van der Waals surface area contributed by atoms with E-state index in [2.05, 4.69) is 62.2 Å². The van der Waals surface area contributed by atoms with E-state index in [-0.39, 0.29) is 0 Å². The van der Waals surface area contributed by atoms with Gasteiger partial charge >= 0.3 is 0 Å². The fourth-order valence-corrected chi connectivity index (χ4v) is 4.03. The van der Waals surface area contributed by atoms with Crippen molar-refractivity contribution in [2.24, 2.45) is 10.9 Å². The van der Waals surface area contributed by atoms with Crippen molar-refractivity contribution in [3.05, 3.63) is 55.1 Å². The zero-order valence-electron chi connectivity index (χ0n) is 17.8. The summed E-state index contributed by atoms with van der Waals surface area (Å²) < 4.78 is 2.23. The van der Waals surface area contributed by atoms with E-state index in [1.807, 2.05) is 36.8 Å². The van der Waals surface area contributed by atoms with E-state index >= 15 is 0 Å². The van der Waals surface area contributed by atoms with Crippen LogP contribution in [0.15, 0.2) is 60.1 Å². The smallest absolute Gasteiger partial charge is 0.194 e. The molecule has 1 aromatic carbocycles. The summed E-state index contributed by atoms with van der Waals surface area (Å²) in [5.41, 5.74) is 1.01. The van der Waals surface area contributed by atoms with E-state index in [0.29, 0.717) is 18.5 Å². The molecular formula is C23H31N7. The van der Waals surface area contributed by atoms with Crippen LogP contribution in [0.4, 0.5) is 5.82 Å². The van der Waals surface area contributed by atoms with Crippen LogP contribution in [0.5, 0.6) is 0 Å². The molecule has 1 saturated heterocycles. The average molecular weight is 406 g/mol. The summed E-state index contributed by atoms with van der Waals surface area (Å²) in [5.74, 6) is 2.50. The van der Waals surface area contributed by atoms with Crippen LogP contribution in [0.3, 0.4) is 0 Å². The highest BCUT2D eigenvalue weighted by molar-refractivity contribution is 5.80. The van der Waals surface area contributed by atoms with Crippen molar-refractivity contribution in [2.75, 3.05) is 38.0 Å². The third-order valence-electron chi connectivity index (χ3n) is 5.74. The predicted molar refractivity (Wildman–Crippen MR) is 123 cm³/mol. The van der Waals surface area contributed by atoms with Crippen LogP contribution in [0.2, 0.25) is 0 Å². The second-order valence-corrected chi connectivity index (χ2v) is 7.84. The number of nitrogens with zero attached hydrogens (tertiary/aromatic N) is 5. The highest BCUT2D eigenvalue weighted by Crippen LogP contribution is 2.27. The minimum atomic E-state index is 0.421. The number of hydrogen-bond donors (Lipinski definition) is 2. The minimum absolute atomic E-state index is 0.421. The maximum Gasteiger partial charge on any atom is 0.194 e. The van der Waals surface area contributed by atoms with Crippen molar-refractivity contribution in [2.45, 2.75) is 26.3 Å². The number of rotatable bonds is 6. The Morgan fingerprint density at radius 2 is 2.13 bits per heavy atom. The Bertz CT molecular complexity index is 967. The van der Waals surface area contributed by atoms with Gasteiger partial charge in [-0.15, -0.1) is 0 Å². The van der Waals surface area contributed by atoms with Crippen LogP contribution in [0, 0.1) is 5.92 Å². The van der Waals surface area contributed by atoms with Gasteiger partial charge in [0.25, 0.3) is 0 Å². The molecule has 0 radical (unpaired) electrons. The molecule has 3 aromatic rings. The van der Waals surface area contributed by atoms with Gasteiger partial charge in [-0.3, -0.25) is 4.99 Å². The van der Waals surface area contributed by atoms with Gasteiger partial charge in [0.1, 0.15) is 5.82 Å². The zero-order chi connectivity index (χ0) is 20.8. The second kappa shape index (κ2) is 9.61. The lowest BCUT2D eigenvalue weighted by Crippen LogP contribution is -2.49. The summed E-state index contributed by atoms with van der Waals surface area (Å²) in [6, 6.07) is 12.7. The molecule has 0 amide bonds. The Kier molecular flexibility index (Phi) is 6.47. The number of fused-ring (bicyclic) bond motifs is 1. The van der Waals surface area contributed by atoms with E-state index in [1.165, 1.54) is 0 Å². The van der Waals surface area contributed by atoms with Gasteiger partial charge in [0.15, 0.2) is 5.96 Å². The number of hydrogen-bond acceptors (Lipinski definition) is 4. The molecule has 1 fully saturated rings. The fraction of sp³-hybridized carbons (Fsp3) is 0.435. The summed E-state index contributed by atoms with van der Waals surface area (Å²) in [6.45, 7) is 8.72. The maximum atomic E-state index is 4.87. The molecule has 1 aliphatic heterocycles. The number of imidazole rings is 1. The summed E-state index contributed by atoms with van der Waals surface area (Å²) >= 11 is 0. The van der Waals surface area contributed by atoms with Crippen molar-refractivity contribution in [1.29, 1.82) is 0 Å². The number of aliphatic imine (C=N–C) groups is 1. The number of likely N-dealkylation sites (tertiary alicyclic amines) is 1. The first-order valence-corrected chi connectivity index (χ1v) is 10.8. The Balaban J connectivity index is 1.37. The number of piperidine rings is 1. The number of benzene rings is 1. The molecule has 2 unspecified atom stereocenters. The third kappa shape index (κ3) is 4.72. The maximum absolute atomic E-state index is 4.87. The van der Waals surface area contributed by atoms with Gasteiger partial charge in [-0.25, -0.2) is 9.97 Å². The van der Waals surface area contributed by atoms with Crippen LogP contribution in [0.1, 0.15) is 26.3 Å². The normalized spacial score (nSPS) is 19.8. The first kappa shape index (κ1) is 20.2. The van der Waals surface area contributed by atoms with E-state index in [0.717, 1.165) is 55.3 Å². The summed E-state index contributed by atoms with van der Waals surface area (Å²) in [4.78, 5) is 16.2. The number of guanidine groups is 1. The largest absolute Gasteiger partial charge is 0.368 e. The van der Waals surface area contributed by atoms with Crippen LogP contribution in [-0.4, -0.2) is 58.1 Å². The van der Waals surface area contributed by atoms with Crippen LogP contribution in [-0.2, 0) is 0 Å². The first-order chi connectivity index (χ1) is 14.7. The summed E-state index contributed by atoms with van der Waals surface area (Å²) in [7, 11) is 0. The Morgan fingerprint density at radius 3 is 2.97 bits per heavy atom. The molecule has 1 aliphatic rings. The quantitative estimate of drug-likeness (QED) is 0.374. The fourth-order valence-electron chi connectivity index (χ4n) is 4.03. The monoisotopic (exact) mass is 405 g/mol. The van der Waals surface area contributed by atoms with E-state index in [4.69, 9.17) is 4.99 Å². The molecule has 7 heteroatoms. The lowest BCUT2D eigenvalue weighted by atomic mass is 9.93. The predicted octanol–water partition coefficient (Wildman–Crippen LogP) is 3.39. The van der Waals surface area contributed by atoms with Gasteiger partial charge in [0.2, 0.25) is 0 Å². The molecule has 2 atom stereocenters. The van der Waals surface area contributed by atoms with Gasteiger partial charge in [-0.2, -0.15) is 0 Å². The average Bonchev–Trinajstić information content (AvgIpc) is 3.31. The van der Waals surface area contributed by atoms with Crippen molar-refractivity contribution < 1.29 is 0 Å². The van der Waals surface area contributed by atoms with Gasteiger partial charge in [0, 0.05) is 44.0 Å². The molecule has 158 valence electrons. The molecule has 0 bridgehead atoms. The zero-order valence-corrected chi connectivity index (χ0v) is 17.8. The molecule has 7 nitrogen and oxygen atoms in total. The second-order valence-electron chi connectivity index (χ2n) is 7.84. The van der Waals surface area contributed by atoms with Gasteiger partial charge in [0.05, 0.1) is 24.4 Å². The van der Waals surface area contributed by atoms with Crippen molar-refractivity contribution in [1.82, 2.24) is 24.8 Å². The van der Waals surface area contributed by atoms with E-state index in [1.54, 1.807) is 0 Å². The van der Waals surface area contributed by atoms with Crippen molar-refractivity contribution in [3.8, 4) is 0 Å². The van der Waals surface area contributed by atoms with Gasteiger partial charge in [-0.1, -0.05) is 25.1 Å². The first-order valence-electron chi connectivity index (χ1n) is 10.8. The highest BCUT2D eigenvalue weighted by atomic mass is 15.3. The number of anilines is 1. The number of aromatic nitrogens is 3. The SMILES string of the molecule is CCNC(=NCCNc1ccc2ccccc2n1)N1CCC(C)C(n2ccnc2)C1. The molecule has 2 N–H and O–H groups in total. The van der Waals surface area contributed by atoms with Crippen LogP contribution < -0.4 is 10.6 Å².